The lowest BCUT2D eigenvalue weighted by Crippen LogP contribution is -2.52. The van der Waals surface area contributed by atoms with Crippen LogP contribution in [0.4, 0.5) is 4.79 Å². The summed E-state index contributed by atoms with van der Waals surface area (Å²) >= 11 is 6.19. The monoisotopic (exact) mass is 519 g/mol. The Bertz CT molecular complexity index is 1390. The molecule has 3 aromatic rings. The van der Waals surface area contributed by atoms with Crippen LogP contribution in [0.25, 0.3) is 0 Å². The van der Waals surface area contributed by atoms with Crippen LogP contribution in [0.3, 0.4) is 0 Å². The van der Waals surface area contributed by atoms with Crippen LogP contribution in [-0.2, 0) is 16.8 Å². The number of carbonyl (C=O) groups is 1. The van der Waals surface area contributed by atoms with Crippen LogP contribution in [0.5, 0.6) is 5.75 Å². The molecule has 192 valence electrons. The highest BCUT2D eigenvalue weighted by Gasteiger charge is 2.41. The zero-order valence-corrected chi connectivity index (χ0v) is 22.2. The quantitative estimate of drug-likeness (QED) is 0.465. The van der Waals surface area contributed by atoms with Crippen molar-refractivity contribution < 1.29 is 14.3 Å². The number of methoxy groups -OCH3 is 1. The van der Waals surface area contributed by atoms with E-state index in [9.17, 15) is 9.59 Å². The minimum atomic E-state index is -0.559. The molecule has 1 aromatic heterocycles. The van der Waals surface area contributed by atoms with Gasteiger partial charge in [0.15, 0.2) is 5.69 Å². The molecule has 7 nitrogen and oxygen atoms in total. The molecule has 0 saturated heterocycles. The fourth-order valence-corrected chi connectivity index (χ4v) is 4.35. The van der Waals surface area contributed by atoms with E-state index in [1.165, 1.54) is 10.8 Å². The average Bonchev–Trinajstić information content (AvgIpc) is 2.82. The molecule has 1 aliphatic carbocycles. The second-order valence-electron chi connectivity index (χ2n) is 10.1. The molecule has 0 atom stereocenters. The molecule has 0 bridgehead atoms. The first-order valence-electron chi connectivity index (χ1n) is 12.1. The van der Waals surface area contributed by atoms with Gasteiger partial charge >= 0.3 is 6.09 Å². The third-order valence-corrected chi connectivity index (χ3v) is 6.35. The summed E-state index contributed by atoms with van der Waals surface area (Å²) in [6.07, 6.45) is 3.80. The first-order chi connectivity index (χ1) is 17.6. The van der Waals surface area contributed by atoms with Gasteiger partial charge in [-0.2, -0.15) is 0 Å². The molecule has 0 aliphatic heterocycles. The summed E-state index contributed by atoms with van der Waals surface area (Å²) in [7, 11) is 1.60. The largest absolute Gasteiger partial charge is 0.497 e. The van der Waals surface area contributed by atoms with Gasteiger partial charge in [-0.05, 0) is 81.3 Å². The lowest BCUT2D eigenvalue weighted by atomic mass is 9.72. The van der Waals surface area contributed by atoms with E-state index in [1.54, 1.807) is 7.11 Å². The number of nitrogens with one attached hydrogen (secondary N) is 1. The van der Waals surface area contributed by atoms with E-state index < -0.39 is 17.2 Å². The van der Waals surface area contributed by atoms with Crippen molar-refractivity contribution in [2.24, 2.45) is 0 Å². The molecule has 1 heterocycles. The van der Waals surface area contributed by atoms with Crippen LogP contribution in [0, 0.1) is 11.8 Å². The molecule has 4 rings (SSSR count). The second kappa shape index (κ2) is 10.7. The Morgan fingerprint density at radius 1 is 1.11 bits per heavy atom. The normalized spacial score (nSPS) is 14.1. The summed E-state index contributed by atoms with van der Waals surface area (Å²) in [5.41, 5.74) is 1.40. The van der Waals surface area contributed by atoms with Gasteiger partial charge in [-0.15, -0.1) is 0 Å². The fourth-order valence-electron chi connectivity index (χ4n) is 4.15. The van der Waals surface area contributed by atoms with E-state index >= 15 is 0 Å². The number of carbonyl (C=O) groups excluding carboxylic acids is 1. The van der Waals surface area contributed by atoms with E-state index in [4.69, 9.17) is 21.1 Å². The number of amides is 1. The molecular formula is C29H30ClN3O4. The van der Waals surface area contributed by atoms with Crippen molar-refractivity contribution in [3.63, 3.8) is 0 Å². The second-order valence-corrected chi connectivity index (χ2v) is 10.5. The van der Waals surface area contributed by atoms with Gasteiger partial charge in [-0.25, -0.2) is 9.78 Å². The van der Waals surface area contributed by atoms with Gasteiger partial charge in [-0.3, -0.25) is 4.79 Å². The third kappa shape index (κ3) is 6.52. The number of rotatable bonds is 5. The first kappa shape index (κ1) is 26.3. The minimum absolute atomic E-state index is 0.0761. The lowest BCUT2D eigenvalue weighted by Gasteiger charge is -2.43. The van der Waals surface area contributed by atoms with E-state index in [0.717, 1.165) is 41.7 Å². The molecule has 1 saturated carbocycles. The van der Waals surface area contributed by atoms with Crippen LogP contribution in [0.2, 0.25) is 5.15 Å². The Labute approximate surface area is 221 Å². The number of hydrogen-bond acceptors (Lipinski definition) is 5. The Kier molecular flexibility index (Phi) is 7.60. The zero-order chi connectivity index (χ0) is 26.6. The summed E-state index contributed by atoms with van der Waals surface area (Å²) in [5.74, 6) is 6.62. The van der Waals surface area contributed by atoms with E-state index in [1.807, 2.05) is 69.3 Å². The molecule has 1 amide bonds. The number of benzene rings is 2. The highest BCUT2D eigenvalue weighted by Crippen LogP contribution is 2.41. The number of halogens is 1. The van der Waals surface area contributed by atoms with Crippen LogP contribution >= 0.6 is 11.6 Å². The molecular weight excluding hydrogens is 490 g/mol. The summed E-state index contributed by atoms with van der Waals surface area (Å²) < 4.78 is 12.1. The molecule has 37 heavy (non-hydrogen) atoms. The smallest absolute Gasteiger partial charge is 0.408 e. The summed E-state index contributed by atoms with van der Waals surface area (Å²) in [5, 5.41) is 3.24. The maximum atomic E-state index is 13.0. The maximum Gasteiger partial charge on any atom is 0.408 e. The van der Waals surface area contributed by atoms with E-state index in [2.05, 4.69) is 22.1 Å². The molecule has 1 N–H and O–H groups in total. The van der Waals surface area contributed by atoms with Crippen molar-refractivity contribution in [3.8, 4) is 17.6 Å². The van der Waals surface area contributed by atoms with Gasteiger partial charge in [0.25, 0.3) is 5.56 Å². The van der Waals surface area contributed by atoms with Crippen molar-refractivity contribution in [3.05, 3.63) is 92.6 Å². The lowest BCUT2D eigenvalue weighted by molar-refractivity contribution is 0.0377. The summed E-state index contributed by atoms with van der Waals surface area (Å²) in [6.45, 7) is 5.86. The number of aromatic nitrogens is 2. The van der Waals surface area contributed by atoms with Crippen molar-refractivity contribution in [1.29, 1.82) is 0 Å². The predicted molar refractivity (Wildman–Crippen MR) is 143 cm³/mol. The molecule has 2 aromatic carbocycles. The molecule has 1 aliphatic rings. The molecule has 1 fully saturated rings. The highest BCUT2D eigenvalue weighted by atomic mass is 35.5. The Hall–Kier alpha value is -3.76. The topological polar surface area (TPSA) is 82.4 Å². The van der Waals surface area contributed by atoms with Gasteiger partial charge in [0.05, 0.1) is 19.2 Å². The molecule has 8 heteroatoms. The van der Waals surface area contributed by atoms with Crippen LogP contribution in [-0.4, -0.2) is 28.4 Å². The SMILES string of the molecule is COc1ccc(Cn2cc(Cl)nc(C#Cc3ccc(C4(NC(=O)OC(C)(C)C)CCC4)cc3)c2=O)cc1. The molecule has 0 unspecified atom stereocenters. The van der Waals surface area contributed by atoms with E-state index in [0.29, 0.717) is 6.54 Å². The van der Waals surface area contributed by atoms with E-state index in [-0.39, 0.29) is 16.4 Å². The van der Waals surface area contributed by atoms with Crippen molar-refractivity contribution in [2.75, 3.05) is 7.11 Å². The predicted octanol–water partition coefficient (Wildman–Crippen LogP) is 5.26. The molecule has 0 spiro atoms. The van der Waals surface area contributed by atoms with Crippen LogP contribution in [0.1, 0.15) is 62.4 Å². The minimum Gasteiger partial charge on any atom is -0.497 e. The van der Waals surface area contributed by atoms with Gasteiger partial charge in [0, 0.05) is 11.8 Å². The summed E-state index contributed by atoms with van der Waals surface area (Å²) in [4.78, 5) is 29.5. The molecule has 0 radical (unpaired) electrons. The average molecular weight is 520 g/mol. The van der Waals surface area contributed by atoms with Crippen LogP contribution < -0.4 is 15.6 Å². The van der Waals surface area contributed by atoms with Gasteiger partial charge < -0.3 is 19.4 Å². The van der Waals surface area contributed by atoms with Crippen molar-refractivity contribution in [2.45, 2.75) is 57.7 Å². The van der Waals surface area contributed by atoms with Gasteiger partial charge in [0.1, 0.15) is 16.5 Å². The van der Waals surface area contributed by atoms with Gasteiger partial charge in [0.2, 0.25) is 0 Å². The summed E-state index contributed by atoms with van der Waals surface area (Å²) in [6, 6.07) is 15.1. The number of hydrogen-bond donors (Lipinski definition) is 1. The maximum absolute atomic E-state index is 13.0. The van der Waals surface area contributed by atoms with Crippen molar-refractivity contribution in [1.82, 2.24) is 14.9 Å². The number of nitrogens with zero attached hydrogens (tertiary/aromatic N) is 2. The Morgan fingerprint density at radius 2 is 1.78 bits per heavy atom. The Morgan fingerprint density at radius 3 is 2.35 bits per heavy atom. The first-order valence-corrected chi connectivity index (χ1v) is 12.5. The standard InChI is InChI=1S/C29H30ClN3O4/c1-28(2,3)37-27(35)32-29(16-5-17-29)22-11-6-20(7-12-22)10-15-24-26(34)33(19-25(30)31-24)18-21-8-13-23(36-4)14-9-21/h6-9,11-14,19H,5,16-18H2,1-4H3,(H,32,35). The Balaban J connectivity index is 1.51. The number of ether oxygens (including phenoxy) is 2. The van der Waals surface area contributed by atoms with Crippen LogP contribution in [0.15, 0.2) is 59.5 Å². The zero-order valence-electron chi connectivity index (χ0n) is 21.4. The highest BCUT2D eigenvalue weighted by molar-refractivity contribution is 6.29. The third-order valence-electron chi connectivity index (χ3n) is 6.17. The fraction of sp³-hybridized carbons (Fsp3) is 0.345. The van der Waals surface area contributed by atoms with Gasteiger partial charge in [-0.1, -0.05) is 41.8 Å². The number of alkyl carbamates (subject to hydrolysis) is 1. The van der Waals surface area contributed by atoms with Crippen molar-refractivity contribution >= 4 is 17.7 Å².